The summed E-state index contributed by atoms with van der Waals surface area (Å²) in [6.45, 7) is 3.03. The van der Waals surface area contributed by atoms with Crippen molar-refractivity contribution in [2.75, 3.05) is 20.2 Å². The number of aryl methyl sites for hydroxylation is 1. The summed E-state index contributed by atoms with van der Waals surface area (Å²) in [6.07, 6.45) is 2.33. The molecule has 4 heteroatoms. The molecule has 0 aliphatic heterocycles. The van der Waals surface area contributed by atoms with E-state index in [4.69, 9.17) is 9.72 Å². The van der Waals surface area contributed by atoms with Crippen LogP contribution in [0.25, 0.3) is 10.9 Å². The van der Waals surface area contributed by atoms with Gasteiger partial charge in [0.15, 0.2) is 0 Å². The second kappa shape index (κ2) is 7.39. The summed E-state index contributed by atoms with van der Waals surface area (Å²) in [6, 6.07) is 17.8. The highest BCUT2D eigenvalue weighted by Gasteiger charge is 2.27. The van der Waals surface area contributed by atoms with Gasteiger partial charge < -0.3 is 9.64 Å². The van der Waals surface area contributed by atoms with Gasteiger partial charge in [0.05, 0.1) is 17.6 Å². The minimum atomic E-state index is 0.0170. The number of likely N-dealkylation sites (N-methyl/N-ethyl adjacent to an activating group) is 1. The Morgan fingerprint density at radius 2 is 1.96 bits per heavy atom. The summed E-state index contributed by atoms with van der Waals surface area (Å²) >= 11 is 0. The fourth-order valence-electron chi connectivity index (χ4n) is 3.27. The Balaban J connectivity index is 1.49. The first kappa shape index (κ1) is 17.5. The Labute approximate surface area is 159 Å². The zero-order valence-electron chi connectivity index (χ0n) is 15.8. The summed E-state index contributed by atoms with van der Waals surface area (Å²) in [5.74, 6) is 1.36. The summed E-state index contributed by atoms with van der Waals surface area (Å²) in [5.41, 5.74) is 3.84. The Morgan fingerprint density at radius 3 is 2.74 bits per heavy atom. The summed E-state index contributed by atoms with van der Waals surface area (Å²) in [4.78, 5) is 19.6. The number of rotatable bonds is 6. The molecule has 0 radical (unpaired) electrons. The SMILES string of the molecule is Cc1cccc(OCCN(C)C(=O)c2cc(C3CC3)nc3ccccc23)c1. The molecule has 2 aromatic carbocycles. The predicted octanol–water partition coefficient (Wildman–Crippen LogP) is 4.57. The van der Waals surface area contributed by atoms with Crippen LogP contribution in [-0.2, 0) is 0 Å². The van der Waals surface area contributed by atoms with Crippen molar-refractivity contribution < 1.29 is 9.53 Å². The van der Waals surface area contributed by atoms with Crippen molar-refractivity contribution in [3.63, 3.8) is 0 Å². The third-order valence-corrected chi connectivity index (χ3v) is 4.99. The van der Waals surface area contributed by atoms with Gasteiger partial charge in [-0.25, -0.2) is 0 Å². The number of amides is 1. The number of hydrogen-bond donors (Lipinski definition) is 0. The number of para-hydroxylation sites is 1. The maximum Gasteiger partial charge on any atom is 0.254 e. The van der Waals surface area contributed by atoms with Gasteiger partial charge in [0, 0.05) is 24.0 Å². The van der Waals surface area contributed by atoms with Crippen LogP contribution in [-0.4, -0.2) is 36.0 Å². The highest BCUT2D eigenvalue weighted by molar-refractivity contribution is 6.06. The first-order chi connectivity index (χ1) is 13.1. The molecular weight excluding hydrogens is 336 g/mol. The molecule has 4 nitrogen and oxygen atoms in total. The zero-order chi connectivity index (χ0) is 18.8. The molecule has 0 spiro atoms. The van der Waals surface area contributed by atoms with Gasteiger partial charge in [-0.05, 0) is 49.6 Å². The van der Waals surface area contributed by atoms with Crippen molar-refractivity contribution >= 4 is 16.8 Å². The zero-order valence-corrected chi connectivity index (χ0v) is 15.8. The largest absolute Gasteiger partial charge is 0.492 e. The molecule has 1 fully saturated rings. The van der Waals surface area contributed by atoms with Crippen molar-refractivity contribution in [3.8, 4) is 5.75 Å². The summed E-state index contributed by atoms with van der Waals surface area (Å²) in [7, 11) is 1.83. The molecule has 1 saturated carbocycles. The molecule has 0 bridgehead atoms. The lowest BCUT2D eigenvalue weighted by Gasteiger charge is -2.19. The van der Waals surface area contributed by atoms with Gasteiger partial charge in [0.1, 0.15) is 12.4 Å². The minimum absolute atomic E-state index is 0.0170. The van der Waals surface area contributed by atoms with Crippen molar-refractivity contribution in [2.24, 2.45) is 0 Å². The molecule has 1 aromatic heterocycles. The van der Waals surface area contributed by atoms with Gasteiger partial charge in [-0.2, -0.15) is 0 Å². The van der Waals surface area contributed by atoms with Gasteiger partial charge in [-0.15, -0.1) is 0 Å². The maximum atomic E-state index is 13.1. The Bertz CT molecular complexity index is 979. The lowest BCUT2D eigenvalue weighted by molar-refractivity contribution is 0.0775. The van der Waals surface area contributed by atoms with Crippen molar-refractivity contribution in [2.45, 2.75) is 25.7 Å². The quantitative estimate of drug-likeness (QED) is 0.646. The van der Waals surface area contributed by atoms with E-state index >= 15 is 0 Å². The number of hydrogen-bond acceptors (Lipinski definition) is 3. The molecule has 0 saturated heterocycles. The van der Waals surface area contributed by atoms with E-state index in [1.54, 1.807) is 4.90 Å². The van der Waals surface area contributed by atoms with Gasteiger partial charge in [-0.3, -0.25) is 9.78 Å². The highest BCUT2D eigenvalue weighted by atomic mass is 16.5. The van der Waals surface area contributed by atoms with E-state index in [1.165, 1.54) is 12.8 Å². The molecule has 27 heavy (non-hydrogen) atoms. The van der Waals surface area contributed by atoms with Crippen LogP contribution in [0.3, 0.4) is 0 Å². The van der Waals surface area contributed by atoms with Gasteiger partial charge in [0.25, 0.3) is 5.91 Å². The van der Waals surface area contributed by atoms with Crippen molar-refractivity contribution in [1.82, 2.24) is 9.88 Å². The third kappa shape index (κ3) is 3.95. The Kier molecular flexibility index (Phi) is 4.80. The third-order valence-electron chi connectivity index (χ3n) is 4.99. The molecule has 0 N–H and O–H groups in total. The smallest absolute Gasteiger partial charge is 0.254 e. The van der Waals surface area contributed by atoms with E-state index in [-0.39, 0.29) is 5.91 Å². The number of carbonyl (C=O) groups is 1. The second-order valence-corrected chi connectivity index (χ2v) is 7.28. The van der Waals surface area contributed by atoms with Gasteiger partial charge in [0.2, 0.25) is 0 Å². The van der Waals surface area contributed by atoms with Crippen LogP contribution in [0, 0.1) is 6.92 Å². The molecule has 138 valence electrons. The second-order valence-electron chi connectivity index (χ2n) is 7.28. The van der Waals surface area contributed by atoms with E-state index in [2.05, 4.69) is 0 Å². The first-order valence-electron chi connectivity index (χ1n) is 9.46. The minimum Gasteiger partial charge on any atom is -0.492 e. The lowest BCUT2D eigenvalue weighted by atomic mass is 10.0. The number of fused-ring (bicyclic) bond motifs is 1. The molecule has 1 amide bonds. The van der Waals surface area contributed by atoms with Crippen LogP contribution in [0.4, 0.5) is 0 Å². The van der Waals surface area contributed by atoms with E-state index in [9.17, 15) is 4.79 Å². The van der Waals surface area contributed by atoms with Crippen molar-refractivity contribution in [3.05, 3.63) is 71.4 Å². The number of ether oxygens (including phenoxy) is 1. The van der Waals surface area contributed by atoms with E-state index < -0.39 is 0 Å². The topological polar surface area (TPSA) is 42.4 Å². The number of carbonyl (C=O) groups excluding carboxylic acids is 1. The first-order valence-corrected chi connectivity index (χ1v) is 9.46. The lowest BCUT2D eigenvalue weighted by Crippen LogP contribution is -2.31. The summed E-state index contributed by atoms with van der Waals surface area (Å²) < 4.78 is 5.80. The maximum absolute atomic E-state index is 13.1. The fraction of sp³-hybridized carbons (Fsp3) is 0.304. The van der Waals surface area contributed by atoms with E-state index in [0.717, 1.165) is 33.5 Å². The molecule has 1 aliphatic rings. The molecule has 1 heterocycles. The number of pyridine rings is 1. The molecule has 1 aliphatic carbocycles. The van der Waals surface area contributed by atoms with Crippen LogP contribution in [0.2, 0.25) is 0 Å². The Morgan fingerprint density at radius 1 is 1.15 bits per heavy atom. The average molecular weight is 360 g/mol. The van der Waals surface area contributed by atoms with Gasteiger partial charge in [-0.1, -0.05) is 30.3 Å². The number of aromatic nitrogens is 1. The highest BCUT2D eigenvalue weighted by Crippen LogP contribution is 2.40. The van der Waals surface area contributed by atoms with Crippen LogP contribution >= 0.6 is 0 Å². The predicted molar refractivity (Wildman–Crippen MR) is 107 cm³/mol. The van der Waals surface area contributed by atoms with Crippen LogP contribution in [0.1, 0.15) is 40.4 Å². The van der Waals surface area contributed by atoms with Crippen LogP contribution in [0.5, 0.6) is 5.75 Å². The number of nitrogens with zero attached hydrogens (tertiary/aromatic N) is 2. The summed E-state index contributed by atoms with van der Waals surface area (Å²) in [5, 5.41) is 0.915. The fourth-order valence-corrected chi connectivity index (χ4v) is 3.27. The van der Waals surface area contributed by atoms with Crippen molar-refractivity contribution in [1.29, 1.82) is 0 Å². The monoisotopic (exact) mass is 360 g/mol. The van der Waals surface area contributed by atoms with Gasteiger partial charge >= 0.3 is 0 Å². The molecule has 0 atom stereocenters. The normalized spacial score (nSPS) is 13.6. The number of benzene rings is 2. The molecule has 4 rings (SSSR count). The molecule has 0 unspecified atom stereocenters. The Hall–Kier alpha value is -2.88. The van der Waals surface area contributed by atoms with Crippen LogP contribution < -0.4 is 4.74 Å². The van der Waals surface area contributed by atoms with E-state index in [1.807, 2.05) is 68.6 Å². The standard InChI is InChI=1S/C23H24N2O2/c1-16-6-5-7-18(14-16)27-13-12-25(2)23(26)20-15-22(17-10-11-17)24-21-9-4-3-8-19(20)21/h3-9,14-15,17H,10-13H2,1-2H3. The molecular formula is C23H24N2O2. The average Bonchev–Trinajstić information content (AvgIpc) is 3.52. The molecule has 3 aromatic rings. The van der Waals surface area contributed by atoms with Crippen LogP contribution in [0.15, 0.2) is 54.6 Å². The van der Waals surface area contributed by atoms with E-state index in [0.29, 0.717) is 19.1 Å².